The lowest BCUT2D eigenvalue weighted by molar-refractivity contribution is 0.407. The first-order chi connectivity index (χ1) is 9.76. The maximum absolute atomic E-state index is 12.2. The average molecular weight is 310 g/mol. The van der Waals surface area contributed by atoms with Gasteiger partial charge in [-0.25, -0.2) is 13.1 Å². The molecule has 5 heteroatoms. The van der Waals surface area contributed by atoms with E-state index in [1.54, 1.807) is 12.1 Å². The van der Waals surface area contributed by atoms with Crippen LogP contribution in [0.5, 0.6) is 0 Å². The van der Waals surface area contributed by atoms with Crippen LogP contribution in [0.25, 0.3) is 0 Å². The minimum Gasteiger partial charge on any atom is -0.314 e. The van der Waals surface area contributed by atoms with Crippen LogP contribution in [0.3, 0.4) is 0 Å². The predicted molar refractivity (Wildman–Crippen MR) is 85.8 cm³/mol. The van der Waals surface area contributed by atoms with Crippen molar-refractivity contribution in [2.45, 2.75) is 51.0 Å². The summed E-state index contributed by atoms with van der Waals surface area (Å²) in [7, 11) is -3.40. The Kier molecular flexibility index (Phi) is 5.07. The Labute approximate surface area is 128 Å². The minimum atomic E-state index is -3.40. The van der Waals surface area contributed by atoms with E-state index in [0.717, 1.165) is 18.5 Å². The van der Waals surface area contributed by atoms with E-state index in [0.29, 0.717) is 17.5 Å². The van der Waals surface area contributed by atoms with Gasteiger partial charge in [0.15, 0.2) is 0 Å². The largest absolute Gasteiger partial charge is 0.314 e. The summed E-state index contributed by atoms with van der Waals surface area (Å²) in [5.41, 5.74) is 1.10. The zero-order valence-corrected chi connectivity index (χ0v) is 14.0. The topological polar surface area (TPSA) is 58.2 Å². The van der Waals surface area contributed by atoms with Crippen molar-refractivity contribution in [3.63, 3.8) is 0 Å². The highest BCUT2D eigenvalue weighted by atomic mass is 32.2. The fourth-order valence-corrected chi connectivity index (χ4v) is 3.22. The standard InChI is InChI=1S/C16H26N2O2S/c1-16(2,3)12-18-21(19,20)15-8-4-13(5-9-15)10-11-17-14-6-7-14/h4-5,8-9,14,17-18H,6-7,10-12H2,1-3H3. The first kappa shape index (κ1) is 16.5. The van der Waals surface area contributed by atoms with Gasteiger partial charge in [0.2, 0.25) is 10.0 Å². The van der Waals surface area contributed by atoms with Crippen molar-refractivity contribution in [1.29, 1.82) is 0 Å². The van der Waals surface area contributed by atoms with Crippen LogP contribution in [0.4, 0.5) is 0 Å². The number of sulfonamides is 1. The summed E-state index contributed by atoms with van der Waals surface area (Å²) in [6, 6.07) is 7.90. The molecule has 1 aliphatic rings. The van der Waals surface area contributed by atoms with Crippen molar-refractivity contribution < 1.29 is 8.42 Å². The van der Waals surface area contributed by atoms with Gasteiger partial charge in [0.25, 0.3) is 0 Å². The second kappa shape index (κ2) is 6.46. The summed E-state index contributed by atoms with van der Waals surface area (Å²) in [5.74, 6) is 0. The van der Waals surface area contributed by atoms with E-state index in [1.165, 1.54) is 12.8 Å². The summed E-state index contributed by atoms with van der Waals surface area (Å²) in [5, 5.41) is 3.46. The van der Waals surface area contributed by atoms with E-state index < -0.39 is 10.0 Å². The monoisotopic (exact) mass is 310 g/mol. The van der Waals surface area contributed by atoms with Crippen molar-refractivity contribution in [2.24, 2.45) is 5.41 Å². The Morgan fingerprint density at radius 3 is 2.29 bits per heavy atom. The van der Waals surface area contributed by atoms with Gasteiger partial charge >= 0.3 is 0 Å². The quantitative estimate of drug-likeness (QED) is 0.812. The maximum Gasteiger partial charge on any atom is 0.240 e. The fourth-order valence-electron chi connectivity index (χ4n) is 1.94. The summed E-state index contributed by atoms with van der Waals surface area (Å²) < 4.78 is 27.0. The highest BCUT2D eigenvalue weighted by molar-refractivity contribution is 7.89. The lowest BCUT2D eigenvalue weighted by atomic mass is 9.98. The summed E-state index contributed by atoms with van der Waals surface area (Å²) >= 11 is 0. The molecule has 0 aliphatic heterocycles. The molecule has 1 fully saturated rings. The van der Waals surface area contributed by atoms with Crippen LogP contribution in [0.1, 0.15) is 39.2 Å². The van der Waals surface area contributed by atoms with Gasteiger partial charge in [0.1, 0.15) is 0 Å². The van der Waals surface area contributed by atoms with Gasteiger partial charge in [0, 0.05) is 12.6 Å². The molecule has 0 bridgehead atoms. The van der Waals surface area contributed by atoms with E-state index in [2.05, 4.69) is 10.0 Å². The van der Waals surface area contributed by atoms with Crippen LogP contribution in [0.15, 0.2) is 29.2 Å². The normalized spacial score (nSPS) is 16.1. The second-order valence-corrected chi connectivity index (χ2v) is 8.77. The van der Waals surface area contributed by atoms with Gasteiger partial charge in [0.05, 0.1) is 4.90 Å². The lowest BCUT2D eigenvalue weighted by Gasteiger charge is -2.18. The maximum atomic E-state index is 12.2. The highest BCUT2D eigenvalue weighted by Gasteiger charge is 2.20. The molecule has 4 nitrogen and oxygen atoms in total. The molecule has 0 aromatic heterocycles. The lowest BCUT2D eigenvalue weighted by Crippen LogP contribution is -2.32. The van der Waals surface area contributed by atoms with Gasteiger partial charge < -0.3 is 5.32 Å². The molecule has 1 saturated carbocycles. The summed E-state index contributed by atoms with van der Waals surface area (Å²) in [6.07, 6.45) is 3.51. The first-order valence-corrected chi connectivity index (χ1v) is 9.07. The molecule has 0 saturated heterocycles. The molecule has 0 unspecified atom stereocenters. The Balaban J connectivity index is 1.90. The molecule has 0 atom stereocenters. The molecule has 118 valence electrons. The third kappa shape index (κ3) is 5.77. The molecule has 1 aliphatic carbocycles. The van der Waals surface area contributed by atoms with Crippen LogP contribution >= 0.6 is 0 Å². The Morgan fingerprint density at radius 2 is 1.76 bits per heavy atom. The third-order valence-electron chi connectivity index (χ3n) is 3.45. The van der Waals surface area contributed by atoms with Crippen molar-refractivity contribution >= 4 is 10.0 Å². The van der Waals surface area contributed by atoms with Crippen LogP contribution in [0.2, 0.25) is 0 Å². The molecule has 0 heterocycles. The Hall–Kier alpha value is -0.910. The number of benzene rings is 1. The molecule has 2 rings (SSSR count). The zero-order valence-electron chi connectivity index (χ0n) is 13.1. The summed E-state index contributed by atoms with van der Waals surface area (Å²) in [6.45, 7) is 7.41. The van der Waals surface area contributed by atoms with Gasteiger partial charge in [-0.05, 0) is 48.9 Å². The van der Waals surface area contributed by atoms with E-state index in [4.69, 9.17) is 0 Å². The van der Waals surface area contributed by atoms with Gasteiger partial charge in [-0.3, -0.25) is 0 Å². The SMILES string of the molecule is CC(C)(C)CNS(=O)(=O)c1ccc(CCNC2CC2)cc1. The molecular formula is C16H26N2O2S. The molecule has 2 N–H and O–H groups in total. The van der Waals surface area contributed by atoms with Crippen LogP contribution < -0.4 is 10.0 Å². The van der Waals surface area contributed by atoms with Crippen LogP contribution in [-0.4, -0.2) is 27.5 Å². The van der Waals surface area contributed by atoms with Crippen LogP contribution in [-0.2, 0) is 16.4 Å². The number of hydrogen-bond acceptors (Lipinski definition) is 3. The Morgan fingerprint density at radius 1 is 1.14 bits per heavy atom. The predicted octanol–water partition coefficient (Wildman–Crippen LogP) is 2.31. The van der Waals surface area contributed by atoms with E-state index in [9.17, 15) is 8.42 Å². The van der Waals surface area contributed by atoms with E-state index in [1.807, 2.05) is 32.9 Å². The molecular weight excluding hydrogens is 284 g/mol. The molecule has 0 radical (unpaired) electrons. The van der Waals surface area contributed by atoms with Crippen molar-refractivity contribution in [3.8, 4) is 0 Å². The van der Waals surface area contributed by atoms with Gasteiger partial charge in [-0.15, -0.1) is 0 Å². The van der Waals surface area contributed by atoms with Crippen LogP contribution in [0, 0.1) is 5.41 Å². The molecule has 1 aromatic rings. The van der Waals surface area contributed by atoms with Gasteiger partial charge in [-0.1, -0.05) is 32.9 Å². The first-order valence-electron chi connectivity index (χ1n) is 7.58. The fraction of sp³-hybridized carbons (Fsp3) is 0.625. The van der Waals surface area contributed by atoms with Gasteiger partial charge in [-0.2, -0.15) is 0 Å². The molecule has 21 heavy (non-hydrogen) atoms. The zero-order chi connectivity index (χ0) is 15.5. The molecule has 1 aromatic carbocycles. The Bertz CT molecular complexity index is 555. The van der Waals surface area contributed by atoms with E-state index in [-0.39, 0.29) is 5.41 Å². The van der Waals surface area contributed by atoms with Crippen molar-refractivity contribution in [3.05, 3.63) is 29.8 Å². The smallest absolute Gasteiger partial charge is 0.240 e. The molecule has 0 spiro atoms. The van der Waals surface area contributed by atoms with Crippen molar-refractivity contribution in [1.82, 2.24) is 10.0 Å². The third-order valence-corrected chi connectivity index (χ3v) is 4.87. The molecule has 0 amide bonds. The highest BCUT2D eigenvalue weighted by Crippen LogP contribution is 2.18. The average Bonchev–Trinajstić information content (AvgIpc) is 3.21. The van der Waals surface area contributed by atoms with Crippen molar-refractivity contribution in [2.75, 3.05) is 13.1 Å². The summed E-state index contributed by atoms with van der Waals surface area (Å²) in [4.78, 5) is 0.339. The number of rotatable bonds is 7. The minimum absolute atomic E-state index is 0.0680. The van der Waals surface area contributed by atoms with E-state index >= 15 is 0 Å². The number of nitrogens with one attached hydrogen (secondary N) is 2. The number of hydrogen-bond donors (Lipinski definition) is 2. The second-order valence-electron chi connectivity index (χ2n) is 7.01.